The van der Waals surface area contributed by atoms with E-state index < -0.39 is 0 Å². The highest BCUT2D eigenvalue weighted by molar-refractivity contribution is 6.11. The number of benzene rings is 9. The van der Waals surface area contributed by atoms with E-state index in [0.29, 0.717) is 0 Å². The van der Waals surface area contributed by atoms with Crippen LogP contribution in [-0.4, -0.2) is 0 Å². The Labute approximate surface area is 314 Å². The van der Waals surface area contributed by atoms with E-state index in [4.69, 9.17) is 4.42 Å². The molecule has 0 N–H and O–H groups in total. The molecule has 0 aliphatic rings. The van der Waals surface area contributed by atoms with Gasteiger partial charge in [-0.25, -0.2) is 0 Å². The molecule has 10 rings (SSSR count). The first-order chi connectivity index (χ1) is 26.8. The Morgan fingerprint density at radius 2 is 0.889 bits per heavy atom. The molecular formula is C52H35NO. The van der Waals surface area contributed by atoms with Crippen molar-refractivity contribution >= 4 is 49.8 Å². The lowest BCUT2D eigenvalue weighted by molar-refractivity contribution is 0.669. The van der Waals surface area contributed by atoms with Gasteiger partial charge in [-0.3, -0.25) is 0 Å². The summed E-state index contributed by atoms with van der Waals surface area (Å²) < 4.78 is 6.72. The zero-order chi connectivity index (χ0) is 35.8. The van der Waals surface area contributed by atoms with Crippen LogP contribution in [0, 0.1) is 0 Å². The molecule has 9 aromatic carbocycles. The molecule has 0 atom stereocenters. The van der Waals surface area contributed by atoms with Crippen molar-refractivity contribution in [3.8, 4) is 44.5 Å². The second-order valence-electron chi connectivity index (χ2n) is 13.7. The molecule has 10 aromatic rings. The highest BCUT2D eigenvalue weighted by atomic mass is 16.3. The first kappa shape index (κ1) is 31.6. The van der Waals surface area contributed by atoms with Crippen LogP contribution in [-0.2, 0) is 0 Å². The van der Waals surface area contributed by atoms with Crippen molar-refractivity contribution in [2.24, 2.45) is 0 Å². The maximum absolute atomic E-state index is 6.72. The van der Waals surface area contributed by atoms with Crippen LogP contribution in [0.15, 0.2) is 217 Å². The summed E-state index contributed by atoms with van der Waals surface area (Å²) in [4.78, 5) is 2.38. The normalized spacial score (nSPS) is 11.3. The average Bonchev–Trinajstić information content (AvgIpc) is 3.64. The lowest BCUT2D eigenvalue weighted by Gasteiger charge is -2.29. The molecule has 2 heteroatoms. The van der Waals surface area contributed by atoms with Crippen LogP contribution in [0.25, 0.3) is 77.2 Å². The average molecular weight is 690 g/mol. The Bertz CT molecular complexity index is 2930. The van der Waals surface area contributed by atoms with E-state index in [1.807, 2.05) is 6.07 Å². The van der Waals surface area contributed by atoms with E-state index in [9.17, 15) is 0 Å². The van der Waals surface area contributed by atoms with Gasteiger partial charge in [0.05, 0.1) is 11.4 Å². The zero-order valence-corrected chi connectivity index (χ0v) is 29.6. The summed E-state index contributed by atoms with van der Waals surface area (Å²) >= 11 is 0. The predicted molar refractivity (Wildman–Crippen MR) is 228 cm³/mol. The maximum Gasteiger partial charge on any atom is 0.159 e. The summed E-state index contributed by atoms with van der Waals surface area (Å²) in [5, 5.41) is 4.61. The molecule has 0 saturated carbocycles. The Hall–Kier alpha value is -7.16. The van der Waals surface area contributed by atoms with Crippen molar-refractivity contribution in [3.05, 3.63) is 212 Å². The van der Waals surface area contributed by atoms with Crippen molar-refractivity contribution in [1.29, 1.82) is 0 Å². The van der Waals surface area contributed by atoms with Gasteiger partial charge in [-0.1, -0.05) is 170 Å². The van der Waals surface area contributed by atoms with Crippen molar-refractivity contribution in [2.45, 2.75) is 0 Å². The fraction of sp³-hybridized carbons (Fsp3) is 0. The third-order valence-electron chi connectivity index (χ3n) is 10.5. The number of nitrogens with zero attached hydrogens (tertiary/aromatic N) is 1. The molecule has 0 radical (unpaired) electrons. The monoisotopic (exact) mass is 689 g/mol. The summed E-state index contributed by atoms with van der Waals surface area (Å²) in [6.45, 7) is 0. The Morgan fingerprint density at radius 3 is 1.65 bits per heavy atom. The van der Waals surface area contributed by atoms with Gasteiger partial charge in [0.1, 0.15) is 5.58 Å². The summed E-state index contributed by atoms with van der Waals surface area (Å²) in [7, 11) is 0. The molecule has 0 bridgehead atoms. The van der Waals surface area contributed by atoms with Gasteiger partial charge in [-0.05, 0) is 92.2 Å². The number of furan rings is 1. The Morgan fingerprint density at radius 1 is 0.315 bits per heavy atom. The second kappa shape index (κ2) is 13.4. The van der Waals surface area contributed by atoms with Crippen molar-refractivity contribution in [3.63, 3.8) is 0 Å². The molecule has 1 heterocycles. The fourth-order valence-electron chi connectivity index (χ4n) is 7.85. The lowest BCUT2D eigenvalue weighted by Crippen LogP contribution is -2.12. The zero-order valence-electron chi connectivity index (χ0n) is 29.6. The largest absolute Gasteiger partial charge is 0.454 e. The van der Waals surface area contributed by atoms with E-state index in [-0.39, 0.29) is 0 Å². The number of hydrogen-bond acceptors (Lipinski definition) is 2. The summed E-state index contributed by atoms with van der Waals surface area (Å²) in [6, 6.07) is 75.9. The van der Waals surface area contributed by atoms with Crippen LogP contribution in [0.1, 0.15) is 0 Å². The summed E-state index contributed by atoms with van der Waals surface area (Å²) in [5.74, 6) is 0. The topological polar surface area (TPSA) is 16.4 Å². The van der Waals surface area contributed by atoms with E-state index in [1.165, 1.54) is 38.6 Å². The standard InChI is InChI=1S/C52H35NO/c1-4-15-36(16-5-1)39-27-28-41-34-42(30-29-40(41)33-39)45-21-10-12-24-49(45)53(50-25-14-23-47-46-22-11-13-26-51(46)54-52(47)50)43-31-32-44(37-17-6-2-7-18-37)48(35-43)38-19-8-3-9-20-38/h1-35H. The molecule has 0 saturated heterocycles. The molecular weight excluding hydrogens is 655 g/mol. The van der Waals surface area contributed by atoms with Crippen LogP contribution in [0.4, 0.5) is 17.1 Å². The van der Waals surface area contributed by atoms with Gasteiger partial charge >= 0.3 is 0 Å². The van der Waals surface area contributed by atoms with Gasteiger partial charge < -0.3 is 9.32 Å². The van der Waals surface area contributed by atoms with Gasteiger partial charge in [-0.2, -0.15) is 0 Å². The molecule has 1 aromatic heterocycles. The SMILES string of the molecule is c1ccc(-c2ccc3cc(-c4ccccc4N(c4ccc(-c5ccccc5)c(-c5ccccc5)c4)c4cccc5c4oc4ccccc45)ccc3c2)cc1. The predicted octanol–water partition coefficient (Wildman–Crippen LogP) is 14.9. The molecule has 0 amide bonds. The molecule has 54 heavy (non-hydrogen) atoms. The Balaban J connectivity index is 1.20. The van der Waals surface area contributed by atoms with E-state index in [0.717, 1.165) is 55.7 Å². The molecule has 0 aliphatic carbocycles. The van der Waals surface area contributed by atoms with Crippen LogP contribution in [0.3, 0.4) is 0 Å². The summed E-state index contributed by atoms with van der Waals surface area (Å²) in [6.07, 6.45) is 0. The van der Waals surface area contributed by atoms with Gasteiger partial charge in [-0.15, -0.1) is 0 Å². The van der Waals surface area contributed by atoms with Crippen molar-refractivity contribution in [2.75, 3.05) is 4.90 Å². The minimum Gasteiger partial charge on any atom is -0.454 e. The molecule has 0 spiro atoms. The van der Waals surface area contributed by atoms with Gasteiger partial charge in [0.15, 0.2) is 5.58 Å². The van der Waals surface area contributed by atoms with Crippen LogP contribution >= 0.6 is 0 Å². The number of para-hydroxylation sites is 3. The first-order valence-electron chi connectivity index (χ1n) is 18.4. The molecule has 2 nitrogen and oxygen atoms in total. The third kappa shape index (κ3) is 5.62. The van der Waals surface area contributed by atoms with E-state index >= 15 is 0 Å². The van der Waals surface area contributed by atoms with Gasteiger partial charge in [0.25, 0.3) is 0 Å². The number of hydrogen-bond donors (Lipinski definition) is 0. The highest BCUT2D eigenvalue weighted by Crippen LogP contribution is 2.47. The molecule has 0 aliphatic heterocycles. The lowest BCUT2D eigenvalue weighted by atomic mass is 9.93. The van der Waals surface area contributed by atoms with Crippen LogP contribution in [0.2, 0.25) is 0 Å². The first-order valence-corrected chi connectivity index (χ1v) is 18.4. The molecule has 0 fully saturated rings. The van der Waals surface area contributed by atoms with E-state index in [2.05, 4.69) is 211 Å². The number of fused-ring (bicyclic) bond motifs is 4. The fourth-order valence-corrected chi connectivity index (χ4v) is 7.85. The van der Waals surface area contributed by atoms with Crippen molar-refractivity contribution < 1.29 is 4.42 Å². The minimum atomic E-state index is 0.855. The highest BCUT2D eigenvalue weighted by Gasteiger charge is 2.23. The minimum absolute atomic E-state index is 0.855. The smallest absolute Gasteiger partial charge is 0.159 e. The number of rotatable bonds is 7. The quantitative estimate of drug-likeness (QED) is 0.166. The van der Waals surface area contributed by atoms with Crippen LogP contribution in [0.5, 0.6) is 0 Å². The Kier molecular flexibility index (Phi) is 7.85. The van der Waals surface area contributed by atoms with Gasteiger partial charge in [0.2, 0.25) is 0 Å². The number of anilines is 3. The van der Waals surface area contributed by atoms with Crippen molar-refractivity contribution in [1.82, 2.24) is 0 Å². The second-order valence-corrected chi connectivity index (χ2v) is 13.7. The molecule has 0 unspecified atom stereocenters. The summed E-state index contributed by atoms with van der Waals surface area (Å²) in [5.41, 5.74) is 14.2. The van der Waals surface area contributed by atoms with E-state index in [1.54, 1.807) is 0 Å². The third-order valence-corrected chi connectivity index (χ3v) is 10.5. The maximum atomic E-state index is 6.72. The van der Waals surface area contributed by atoms with Crippen LogP contribution < -0.4 is 4.90 Å². The van der Waals surface area contributed by atoms with Gasteiger partial charge in [0, 0.05) is 22.0 Å². The molecule has 254 valence electrons.